The van der Waals surface area contributed by atoms with Crippen LogP contribution in [0.3, 0.4) is 0 Å². The summed E-state index contributed by atoms with van der Waals surface area (Å²) in [4.78, 5) is 22.0. The molecule has 1 rings (SSSR count). The van der Waals surface area contributed by atoms with Crippen molar-refractivity contribution in [2.24, 2.45) is 0 Å². The van der Waals surface area contributed by atoms with Crippen LogP contribution in [0.4, 0.5) is 0 Å². The molecule has 4 nitrogen and oxygen atoms in total. The molecule has 2 N–H and O–H groups in total. The van der Waals surface area contributed by atoms with E-state index in [4.69, 9.17) is 16.7 Å². The first-order valence-corrected chi connectivity index (χ1v) is 6.63. The molecule has 0 bridgehead atoms. The van der Waals surface area contributed by atoms with Gasteiger partial charge in [0.25, 0.3) is 0 Å². The van der Waals surface area contributed by atoms with Gasteiger partial charge in [-0.2, -0.15) is 0 Å². The smallest absolute Gasteiger partial charge is 0.303 e. The zero-order valence-corrected chi connectivity index (χ0v) is 11.6. The SMILES string of the molecule is CC(NC(=O)CCCCC(=O)O)c1ccc(Cl)cc1. The molecule has 1 atom stereocenters. The second-order valence-corrected chi connectivity index (χ2v) is 4.88. The van der Waals surface area contributed by atoms with Crippen molar-refractivity contribution in [3.63, 3.8) is 0 Å². The van der Waals surface area contributed by atoms with Gasteiger partial charge >= 0.3 is 5.97 Å². The fourth-order valence-electron chi connectivity index (χ4n) is 1.71. The zero-order valence-electron chi connectivity index (χ0n) is 10.9. The summed E-state index contributed by atoms with van der Waals surface area (Å²) < 4.78 is 0. The second-order valence-electron chi connectivity index (χ2n) is 4.44. The van der Waals surface area contributed by atoms with Crippen molar-refractivity contribution < 1.29 is 14.7 Å². The largest absolute Gasteiger partial charge is 0.481 e. The minimum atomic E-state index is -0.824. The quantitative estimate of drug-likeness (QED) is 0.755. The minimum absolute atomic E-state index is 0.0622. The van der Waals surface area contributed by atoms with E-state index in [0.717, 1.165) is 5.56 Å². The summed E-state index contributed by atoms with van der Waals surface area (Å²) in [5, 5.41) is 12.0. The van der Waals surface area contributed by atoms with E-state index in [-0.39, 0.29) is 18.4 Å². The van der Waals surface area contributed by atoms with E-state index in [9.17, 15) is 9.59 Å². The molecule has 0 aliphatic rings. The molecule has 1 aromatic carbocycles. The first-order chi connectivity index (χ1) is 8.99. The van der Waals surface area contributed by atoms with Gasteiger partial charge in [0.2, 0.25) is 5.91 Å². The van der Waals surface area contributed by atoms with Gasteiger partial charge in [0.15, 0.2) is 0 Å². The van der Waals surface area contributed by atoms with Crippen LogP contribution in [-0.2, 0) is 9.59 Å². The Bertz CT molecular complexity index is 431. The number of hydrogen-bond donors (Lipinski definition) is 2. The van der Waals surface area contributed by atoms with E-state index in [0.29, 0.717) is 24.3 Å². The first kappa shape index (κ1) is 15.5. The summed E-state index contributed by atoms with van der Waals surface area (Å²) in [6.07, 6.45) is 1.58. The fourth-order valence-corrected chi connectivity index (χ4v) is 1.84. The molecule has 0 aliphatic carbocycles. The van der Waals surface area contributed by atoms with Gasteiger partial charge in [-0.15, -0.1) is 0 Å². The molecule has 104 valence electrons. The van der Waals surface area contributed by atoms with Crippen LogP contribution in [0.25, 0.3) is 0 Å². The molecule has 0 aromatic heterocycles. The Morgan fingerprint density at radius 2 is 1.79 bits per heavy atom. The molecular weight excluding hydrogens is 266 g/mol. The fraction of sp³-hybridized carbons (Fsp3) is 0.429. The highest BCUT2D eigenvalue weighted by Crippen LogP contribution is 2.16. The number of amides is 1. The topological polar surface area (TPSA) is 66.4 Å². The van der Waals surface area contributed by atoms with Crippen LogP contribution in [0.2, 0.25) is 5.02 Å². The Morgan fingerprint density at radius 3 is 2.37 bits per heavy atom. The monoisotopic (exact) mass is 283 g/mol. The number of carbonyl (C=O) groups is 2. The van der Waals surface area contributed by atoms with Gasteiger partial charge in [-0.25, -0.2) is 0 Å². The molecule has 19 heavy (non-hydrogen) atoms. The van der Waals surface area contributed by atoms with E-state index >= 15 is 0 Å². The second kappa shape index (κ2) is 7.79. The predicted octanol–water partition coefficient (Wildman–Crippen LogP) is 3.16. The molecule has 1 amide bonds. The van der Waals surface area contributed by atoms with Gasteiger partial charge < -0.3 is 10.4 Å². The molecule has 1 aromatic rings. The standard InChI is InChI=1S/C14H18ClNO3/c1-10(11-6-8-12(15)9-7-11)16-13(17)4-2-3-5-14(18)19/h6-10H,2-5H2,1H3,(H,16,17)(H,18,19). The maximum atomic E-state index is 11.7. The van der Waals surface area contributed by atoms with Crippen molar-refractivity contribution >= 4 is 23.5 Å². The third-order valence-electron chi connectivity index (χ3n) is 2.79. The van der Waals surface area contributed by atoms with Crippen molar-refractivity contribution in [1.29, 1.82) is 0 Å². The number of unbranched alkanes of at least 4 members (excludes halogenated alkanes) is 1. The normalized spacial score (nSPS) is 11.9. The summed E-state index contributed by atoms with van der Waals surface area (Å²) in [6.45, 7) is 1.90. The Labute approximate surface area is 117 Å². The molecule has 0 saturated carbocycles. The van der Waals surface area contributed by atoms with Gasteiger partial charge in [-0.3, -0.25) is 9.59 Å². The highest BCUT2D eigenvalue weighted by molar-refractivity contribution is 6.30. The van der Waals surface area contributed by atoms with Gasteiger partial charge in [-0.05, 0) is 37.5 Å². The van der Waals surface area contributed by atoms with E-state index in [1.807, 2.05) is 19.1 Å². The Hall–Kier alpha value is -1.55. The summed E-state index contributed by atoms with van der Waals surface area (Å²) >= 11 is 5.80. The number of nitrogens with one attached hydrogen (secondary N) is 1. The van der Waals surface area contributed by atoms with E-state index in [1.165, 1.54) is 0 Å². The first-order valence-electron chi connectivity index (χ1n) is 6.25. The number of carbonyl (C=O) groups excluding carboxylic acids is 1. The van der Waals surface area contributed by atoms with Crippen LogP contribution in [0, 0.1) is 0 Å². The lowest BCUT2D eigenvalue weighted by Crippen LogP contribution is -2.26. The van der Waals surface area contributed by atoms with Crippen molar-refractivity contribution in [1.82, 2.24) is 5.32 Å². The lowest BCUT2D eigenvalue weighted by atomic mass is 10.1. The molecule has 0 radical (unpaired) electrons. The maximum Gasteiger partial charge on any atom is 0.303 e. The Balaban J connectivity index is 2.31. The summed E-state index contributed by atoms with van der Waals surface area (Å²) in [5.74, 6) is -0.886. The Morgan fingerprint density at radius 1 is 1.21 bits per heavy atom. The highest BCUT2D eigenvalue weighted by atomic mass is 35.5. The van der Waals surface area contributed by atoms with Crippen molar-refractivity contribution in [2.75, 3.05) is 0 Å². The third kappa shape index (κ3) is 6.25. The number of benzene rings is 1. The van der Waals surface area contributed by atoms with Crippen LogP contribution >= 0.6 is 11.6 Å². The molecule has 0 saturated heterocycles. The van der Waals surface area contributed by atoms with Gasteiger partial charge in [0.1, 0.15) is 0 Å². The maximum absolute atomic E-state index is 11.7. The van der Waals surface area contributed by atoms with Gasteiger partial charge in [0, 0.05) is 17.9 Å². The highest BCUT2D eigenvalue weighted by Gasteiger charge is 2.09. The van der Waals surface area contributed by atoms with Crippen LogP contribution in [0.15, 0.2) is 24.3 Å². The number of carboxylic acid groups (broad SMARTS) is 1. The lowest BCUT2D eigenvalue weighted by molar-refractivity contribution is -0.137. The molecule has 0 spiro atoms. The molecule has 0 fully saturated rings. The number of carboxylic acids is 1. The van der Waals surface area contributed by atoms with Crippen LogP contribution in [0.1, 0.15) is 44.2 Å². The zero-order chi connectivity index (χ0) is 14.3. The van der Waals surface area contributed by atoms with Crippen LogP contribution in [0.5, 0.6) is 0 Å². The minimum Gasteiger partial charge on any atom is -0.481 e. The van der Waals surface area contributed by atoms with Gasteiger partial charge in [-0.1, -0.05) is 23.7 Å². The Kier molecular flexibility index (Phi) is 6.36. The molecule has 0 aliphatic heterocycles. The van der Waals surface area contributed by atoms with Crippen molar-refractivity contribution in [3.8, 4) is 0 Å². The average molecular weight is 284 g/mol. The average Bonchev–Trinajstić information content (AvgIpc) is 2.35. The molecule has 0 heterocycles. The third-order valence-corrected chi connectivity index (χ3v) is 3.04. The number of hydrogen-bond acceptors (Lipinski definition) is 2. The predicted molar refractivity (Wildman–Crippen MR) is 74.1 cm³/mol. The molecule has 5 heteroatoms. The summed E-state index contributed by atoms with van der Waals surface area (Å²) in [7, 11) is 0. The van der Waals surface area contributed by atoms with Crippen LogP contribution in [-0.4, -0.2) is 17.0 Å². The molecule has 1 unspecified atom stereocenters. The number of halogens is 1. The van der Waals surface area contributed by atoms with E-state index < -0.39 is 5.97 Å². The summed E-state index contributed by atoms with van der Waals surface area (Å²) in [6, 6.07) is 7.23. The van der Waals surface area contributed by atoms with Gasteiger partial charge in [0.05, 0.1) is 6.04 Å². The number of aliphatic carboxylic acids is 1. The molecular formula is C14H18ClNO3. The van der Waals surface area contributed by atoms with Crippen molar-refractivity contribution in [2.45, 2.75) is 38.6 Å². The van der Waals surface area contributed by atoms with E-state index in [2.05, 4.69) is 5.32 Å². The number of rotatable bonds is 7. The van der Waals surface area contributed by atoms with Crippen LogP contribution < -0.4 is 5.32 Å². The van der Waals surface area contributed by atoms with E-state index in [1.54, 1.807) is 12.1 Å². The lowest BCUT2D eigenvalue weighted by Gasteiger charge is -2.14. The summed E-state index contributed by atoms with van der Waals surface area (Å²) in [5.41, 5.74) is 0.989. The van der Waals surface area contributed by atoms with Crippen molar-refractivity contribution in [3.05, 3.63) is 34.9 Å².